The number of hydrogen-bond acceptors (Lipinski definition) is 10. The largest absolute Gasteiger partial charge is 0.392 e. The van der Waals surface area contributed by atoms with Gasteiger partial charge in [0.25, 0.3) is 0 Å². The highest BCUT2D eigenvalue weighted by molar-refractivity contribution is 7.15. The number of anilines is 2. The van der Waals surface area contributed by atoms with Crippen molar-refractivity contribution in [2.75, 3.05) is 10.6 Å². The molecule has 2 aromatic heterocycles. The number of unbranched alkanes of at least 4 members (excludes halogenated alkanes) is 1. The van der Waals surface area contributed by atoms with Crippen LogP contribution in [0.5, 0.6) is 0 Å². The predicted octanol–water partition coefficient (Wildman–Crippen LogP) is 3.82. The van der Waals surface area contributed by atoms with Gasteiger partial charge in [0.05, 0.1) is 25.0 Å². The van der Waals surface area contributed by atoms with Crippen LogP contribution >= 0.6 is 22.7 Å². The van der Waals surface area contributed by atoms with Crippen LogP contribution in [0.2, 0.25) is 0 Å². The quantitative estimate of drug-likeness (QED) is 0.155. The molecule has 0 aliphatic carbocycles. The van der Waals surface area contributed by atoms with E-state index in [1.54, 1.807) is 0 Å². The summed E-state index contributed by atoms with van der Waals surface area (Å²) in [7, 11) is 0. The van der Waals surface area contributed by atoms with Crippen molar-refractivity contribution in [1.82, 2.24) is 20.4 Å². The molecule has 40 heavy (non-hydrogen) atoms. The number of carbonyl (C=O) groups excluding carboxylic acids is 2. The molecule has 10 nitrogen and oxygen atoms in total. The molecule has 210 valence electrons. The summed E-state index contributed by atoms with van der Waals surface area (Å²) in [5.41, 5.74) is 1.95. The molecule has 0 saturated carbocycles. The van der Waals surface area contributed by atoms with Gasteiger partial charge in [0, 0.05) is 12.8 Å². The first-order chi connectivity index (χ1) is 19.4. The topological polar surface area (TPSA) is 150 Å². The summed E-state index contributed by atoms with van der Waals surface area (Å²) in [4.78, 5) is 24.5. The Bertz CT molecular complexity index is 1250. The third kappa shape index (κ3) is 10.2. The lowest BCUT2D eigenvalue weighted by molar-refractivity contribution is -0.118. The highest BCUT2D eigenvalue weighted by Crippen LogP contribution is 2.21. The van der Waals surface area contributed by atoms with Crippen LogP contribution in [0.1, 0.15) is 46.8 Å². The Morgan fingerprint density at radius 2 is 1.05 bits per heavy atom. The highest BCUT2D eigenvalue weighted by Gasteiger charge is 2.15. The molecule has 2 atom stereocenters. The van der Waals surface area contributed by atoms with Gasteiger partial charge in [0.15, 0.2) is 0 Å². The Hall–Kier alpha value is -3.58. The fraction of sp³-hybridized carbons (Fsp3) is 0.357. The number of nitrogens with one attached hydrogen (secondary N) is 2. The van der Waals surface area contributed by atoms with Crippen LogP contribution in [-0.2, 0) is 35.3 Å². The van der Waals surface area contributed by atoms with Crippen molar-refractivity contribution in [1.29, 1.82) is 0 Å². The van der Waals surface area contributed by atoms with E-state index in [-0.39, 0.29) is 24.7 Å². The summed E-state index contributed by atoms with van der Waals surface area (Å²) in [6.07, 6.45) is 2.40. The molecule has 2 aromatic carbocycles. The van der Waals surface area contributed by atoms with Crippen LogP contribution in [0.4, 0.5) is 10.3 Å². The van der Waals surface area contributed by atoms with E-state index in [1.165, 1.54) is 22.7 Å². The SMILES string of the molecule is O=C(C[C@@H](O)Cc1ccccc1)Nc1nnc(CCCCc2nnc(NC(=O)C[C@@H](O)Cc3ccccc3)s2)s1. The Labute approximate surface area is 240 Å². The van der Waals surface area contributed by atoms with Gasteiger partial charge in [-0.1, -0.05) is 83.3 Å². The number of amides is 2. The Morgan fingerprint density at radius 3 is 1.45 bits per heavy atom. The zero-order valence-corrected chi connectivity index (χ0v) is 23.5. The van der Waals surface area contributed by atoms with Crippen LogP contribution < -0.4 is 10.6 Å². The lowest BCUT2D eigenvalue weighted by Gasteiger charge is -2.09. The number of nitrogens with zero attached hydrogens (tertiary/aromatic N) is 4. The van der Waals surface area contributed by atoms with Gasteiger partial charge < -0.3 is 20.8 Å². The molecule has 0 fully saturated rings. The number of carbonyl (C=O) groups is 2. The van der Waals surface area contributed by atoms with Gasteiger partial charge in [-0.05, 0) is 36.8 Å². The highest BCUT2D eigenvalue weighted by atomic mass is 32.1. The Kier molecular flexibility index (Phi) is 11.2. The van der Waals surface area contributed by atoms with Crippen LogP contribution in [0.3, 0.4) is 0 Å². The third-order valence-corrected chi connectivity index (χ3v) is 7.72. The second-order valence-corrected chi connectivity index (χ2v) is 11.5. The first kappa shape index (κ1) is 29.4. The number of hydrogen-bond donors (Lipinski definition) is 4. The van der Waals surface area contributed by atoms with Gasteiger partial charge in [-0.25, -0.2) is 0 Å². The van der Waals surface area contributed by atoms with E-state index in [1.807, 2.05) is 60.7 Å². The predicted molar refractivity (Wildman–Crippen MR) is 155 cm³/mol. The van der Waals surface area contributed by atoms with Crippen LogP contribution in [0.15, 0.2) is 60.7 Å². The van der Waals surface area contributed by atoms with E-state index in [2.05, 4.69) is 31.0 Å². The van der Waals surface area contributed by atoms with Crippen LogP contribution in [0, 0.1) is 0 Å². The van der Waals surface area contributed by atoms with E-state index in [9.17, 15) is 19.8 Å². The molecule has 0 saturated heterocycles. The maximum Gasteiger partial charge on any atom is 0.228 e. The monoisotopic (exact) mass is 580 g/mol. The second-order valence-electron chi connectivity index (χ2n) is 9.40. The number of aliphatic hydroxyl groups is 2. The first-order valence-electron chi connectivity index (χ1n) is 13.1. The van der Waals surface area contributed by atoms with Gasteiger partial charge in [-0.15, -0.1) is 20.4 Å². The van der Waals surface area contributed by atoms with Crippen molar-refractivity contribution in [3.63, 3.8) is 0 Å². The van der Waals surface area contributed by atoms with E-state index < -0.39 is 12.2 Å². The fourth-order valence-corrected chi connectivity index (χ4v) is 5.64. The molecular weight excluding hydrogens is 548 g/mol. The van der Waals surface area contributed by atoms with Crippen molar-refractivity contribution < 1.29 is 19.8 Å². The summed E-state index contributed by atoms with van der Waals surface area (Å²) in [5.74, 6) is -0.591. The molecule has 0 spiro atoms. The zero-order valence-electron chi connectivity index (χ0n) is 21.9. The van der Waals surface area contributed by atoms with Crippen LogP contribution in [-0.4, -0.2) is 54.6 Å². The molecule has 4 N–H and O–H groups in total. The molecule has 2 heterocycles. The lowest BCUT2D eigenvalue weighted by atomic mass is 10.1. The van der Waals surface area contributed by atoms with Crippen molar-refractivity contribution in [3.8, 4) is 0 Å². The number of aliphatic hydroxyl groups excluding tert-OH is 2. The van der Waals surface area contributed by atoms with E-state index in [4.69, 9.17) is 0 Å². The summed E-state index contributed by atoms with van der Waals surface area (Å²) in [5, 5.41) is 44.7. The lowest BCUT2D eigenvalue weighted by Crippen LogP contribution is -2.21. The fourth-order valence-electron chi connectivity index (χ4n) is 4.05. The van der Waals surface area contributed by atoms with Gasteiger partial charge in [-0.2, -0.15) is 0 Å². The number of aryl methyl sites for hydroxylation is 2. The minimum Gasteiger partial charge on any atom is -0.392 e. The van der Waals surface area contributed by atoms with Crippen molar-refractivity contribution in [2.24, 2.45) is 0 Å². The summed E-state index contributed by atoms with van der Waals surface area (Å²) >= 11 is 2.65. The first-order valence-corrected chi connectivity index (χ1v) is 14.7. The second kappa shape index (κ2) is 15.3. The average molecular weight is 581 g/mol. The van der Waals surface area contributed by atoms with Gasteiger partial charge >= 0.3 is 0 Å². The van der Waals surface area contributed by atoms with Crippen molar-refractivity contribution in [2.45, 2.75) is 63.6 Å². The summed E-state index contributed by atoms with van der Waals surface area (Å²) in [6.45, 7) is 0. The minimum atomic E-state index is -0.768. The van der Waals surface area contributed by atoms with Crippen molar-refractivity contribution >= 4 is 44.8 Å². The molecule has 0 unspecified atom stereocenters. The normalized spacial score (nSPS) is 12.6. The van der Waals surface area contributed by atoms with Crippen LogP contribution in [0.25, 0.3) is 0 Å². The zero-order chi connectivity index (χ0) is 28.2. The Morgan fingerprint density at radius 1 is 0.650 bits per heavy atom. The van der Waals surface area contributed by atoms with E-state index in [0.717, 1.165) is 34.0 Å². The maximum absolute atomic E-state index is 12.3. The molecule has 12 heteroatoms. The molecule has 0 aliphatic rings. The molecule has 0 aliphatic heterocycles. The average Bonchev–Trinajstić information content (AvgIpc) is 3.56. The molecular formula is C28H32N6O4S2. The maximum atomic E-state index is 12.3. The van der Waals surface area contributed by atoms with E-state index in [0.29, 0.717) is 35.9 Å². The van der Waals surface area contributed by atoms with Gasteiger partial charge in [-0.3, -0.25) is 9.59 Å². The molecule has 4 rings (SSSR count). The van der Waals surface area contributed by atoms with E-state index >= 15 is 0 Å². The number of aromatic nitrogens is 4. The van der Waals surface area contributed by atoms with Crippen molar-refractivity contribution in [3.05, 3.63) is 81.8 Å². The molecule has 0 bridgehead atoms. The standard InChI is InChI=1S/C28H32N6O4S2/c35-21(15-19-9-3-1-4-10-19)17-23(37)29-27-33-31-25(39-27)13-7-8-14-26-32-34-28(40-26)30-24(38)18-22(36)16-20-11-5-2-6-12-20/h1-6,9-12,21-22,35-36H,7-8,13-18H2,(H,29,33,37)(H,30,34,38)/t21-,22-/m0/s1. The Balaban J connectivity index is 1.11. The molecule has 4 aromatic rings. The molecule has 2 amide bonds. The number of rotatable bonds is 15. The minimum absolute atomic E-state index is 0.0115. The smallest absolute Gasteiger partial charge is 0.228 e. The summed E-state index contributed by atoms with van der Waals surface area (Å²) in [6, 6.07) is 19.1. The molecule has 0 radical (unpaired) electrons. The third-order valence-electron chi connectivity index (χ3n) is 5.93. The van der Waals surface area contributed by atoms with Gasteiger partial charge in [0.1, 0.15) is 10.0 Å². The van der Waals surface area contributed by atoms with Gasteiger partial charge in [0.2, 0.25) is 22.1 Å². The summed E-state index contributed by atoms with van der Waals surface area (Å²) < 4.78 is 0. The number of benzene rings is 2.